The number of sulfonamides is 1. The van der Waals surface area contributed by atoms with E-state index in [4.69, 9.17) is 5.11 Å². The van der Waals surface area contributed by atoms with Crippen LogP contribution in [0.4, 0.5) is 0 Å². The molecule has 1 aliphatic rings. The second kappa shape index (κ2) is 5.02. The lowest BCUT2D eigenvalue weighted by Crippen LogP contribution is -2.34. The van der Waals surface area contributed by atoms with Crippen LogP contribution in [-0.4, -0.2) is 36.9 Å². The summed E-state index contributed by atoms with van der Waals surface area (Å²) in [5.41, 5.74) is -0.991. The van der Waals surface area contributed by atoms with Gasteiger partial charge in [-0.2, -0.15) is 4.31 Å². The first-order valence-electron chi connectivity index (χ1n) is 5.75. The quantitative estimate of drug-likeness (QED) is 0.792. The molecule has 1 aromatic rings. The lowest BCUT2D eigenvalue weighted by Gasteiger charge is -2.20. The number of hydrogen-bond donors (Lipinski definition) is 1. The summed E-state index contributed by atoms with van der Waals surface area (Å²) in [4.78, 5) is 11.4. The van der Waals surface area contributed by atoms with Gasteiger partial charge in [0, 0.05) is 16.7 Å². The van der Waals surface area contributed by atoms with Gasteiger partial charge in [-0.3, -0.25) is 4.79 Å². The standard InChI is InChI=1S/C12H14INO4S/c1-12(11(15)16)5-6-14(8-12)19(17,18)10-4-2-3-9(13)7-10/h2-4,7H,5-6,8H2,1H3,(H,15,16). The Balaban J connectivity index is 2.31. The zero-order chi connectivity index (χ0) is 14.3. The molecule has 0 saturated carbocycles. The number of benzene rings is 1. The van der Waals surface area contributed by atoms with E-state index in [0.717, 1.165) is 3.57 Å². The first-order chi connectivity index (χ1) is 8.75. The molecule has 2 rings (SSSR count). The molecule has 19 heavy (non-hydrogen) atoms. The lowest BCUT2D eigenvalue weighted by atomic mass is 9.90. The topological polar surface area (TPSA) is 74.7 Å². The van der Waals surface area contributed by atoms with Crippen LogP contribution in [0.3, 0.4) is 0 Å². The van der Waals surface area contributed by atoms with E-state index < -0.39 is 21.4 Å². The third kappa shape index (κ3) is 2.77. The fourth-order valence-electron chi connectivity index (χ4n) is 2.08. The van der Waals surface area contributed by atoms with Crippen LogP contribution in [0.5, 0.6) is 0 Å². The van der Waals surface area contributed by atoms with Gasteiger partial charge in [0.1, 0.15) is 0 Å². The van der Waals surface area contributed by atoms with Crippen molar-refractivity contribution in [1.29, 1.82) is 0 Å². The lowest BCUT2D eigenvalue weighted by molar-refractivity contribution is -0.146. The molecule has 0 aliphatic carbocycles. The molecule has 0 bridgehead atoms. The van der Waals surface area contributed by atoms with Gasteiger partial charge in [-0.1, -0.05) is 6.07 Å². The number of rotatable bonds is 3. The molecule has 1 saturated heterocycles. The molecule has 1 aliphatic heterocycles. The van der Waals surface area contributed by atoms with Crippen LogP contribution in [0.25, 0.3) is 0 Å². The highest BCUT2D eigenvalue weighted by Crippen LogP contribution is 2.33. The van der Waals surface area contributed by atoms with E-state index in [1.165, 1.54) is 10.4 Å². The molecule has 0 radical (unpaired) electrons. The number of nitrogens with zero attached hydrogens (tertiary/aromatic N) is 1. The van der Waals surface area contributed by atoms with Crippen molar-refractivity contribution in [3.05, 3.63) is 27.8 Å². The van der Waals surface area contributed by atoms with Crippen LogP contribution in [0.1, 0.15) is 13.3 Å². The summed E-state index contributed by atoms with van der Waals surface area (Å²) < 4.78 is 26.9. The van der Waals surface area contributed by atoms with E-state index in [1.807, 2.05) is 28.7 Å². The number of hydrogen-bond acceptors (Lipinski definition) is 3. The monoisotopic (exact) mass is 395 g/mol. The van der Waals surface area contributed by atoms with Gasteiger partial charge in [0.25, 0.3) is 0 Å². The van der Waals surface area contributed by atoms with E-state index in [1.54, 1.807) is 19.1 Å². The van der Waals surface area contributed by atoms with E-state index in [0.29, 0.717) is 6.42 Å². The molecule has 0 spiro atoms. The summed E-state index contributed by atoms with van der Waals surface area (Å²) in [6, 6.07) is 6.62. The van der Waals surface area contributed by atoms with Crippen LogP contribution in [0, 0.1) is 8.99 Å². The molecule has 1 heterocycles. The number of halogens is 1. The average molecular weight is 395 g/mol. The number of carbonyl (C=O) groups is 1. The Kier molecular flexibility index (Phi) is 3.90. The molecule has 1 atom stereocenters. The SMILES string of the molecule is CC1(C(=O)O)CCN(S(=O)(=O)c2cccc(I)c2)C1. The number of carboxylic acid groups (broad SMARTS) is 1. The Morgan fingerprint density at radius 3 is 2.68 bits per heavy atom. The zero-order valence-corrected chi connectivity index (χ0v) is 13.3. The molecule has 1 aromatic carbocycles. The fraction of sp³-hybridized carbons (Fsp3) is 0.417. The van der Waals surface area contributed by atoms with Crippen LogP contribution >= 0.6 is 22.6 Å². The minimum atomic E-state index is -3.60. The minimum absolute atomic E-state index is 0.0239. The molecule has 1 unspecified atom stereocenters. The van der Waals surface area contributed by atoms with Crippen LogP contribution in [0.15, 0.2) is 29.2 Å². The van der Waals surface area contributed by atoms with Gasteiger partial charge in [-0.25, -0.2) is 8.42 Å². The average Bonchev–Trinajstić information content (AvgIpc) is 2.74. The number of aliphatic carboxylic acids is 1. The van der Waals surface area contributed by atoms with Crippen molar-refractivity contribution in [3.63, 3.8) is 0 Å². The summed E-state index contributed by atoms with van der Waals surface area (Å²) in [5.74, 6) is -0.951. The van der Waals surface area contributed by atoms with Crippen molar-refractivity contribution in [2.24, 2.45) is 5.41 Å². The minimum Gasteiger partial charge on any atom is -0.481 e. The molecule has 104 valence electrons. The molecule has 0 amide bonds. The largest absolute Gasteiger partial charge is 0.481 e. The smallest absolute Gasteiger partial charge is 0.310 e. The molecule has 1 fully saturated rings. The van der Waals surface area contributed by atoms with E-state index >= 15 is 0 Å². The van der Waals surface area contributed by atoms with Crippen molar-refractivity contribution in [3.8, 4) is 0 Å². The Morgan fingerprint density at radius 1 is 1.47 bits per heavy atom. The van der Waals surface area contributed by atoms with Crippen molar-refractivity contribution in [2.45, 2.75) is 18.2 Å². The fourth-order valence-corrected chi connectivity index (χ4v) is 4.44. The van der Waals surface area contributed by atoms with E-state index in [-0.39, 0.29) is 18.0 Å². The third-order valence-electron chi connectivity index (χ3n) is 3.39. The maximum absolute atomic E-state index is 12.4. The van der Waals surface area contributed by atoms with Crippen molar-refractivity contribution in [2.75, 3.05) is 13.1 Å². The van der Waals surface area contributed by atoms with E-state index in [9.17, 15) is 13.2 Å². The normalized spacial score (nSPS) is 24.5. The van der Waals surface area contributed by atoms with Crippen LogP contribution < -0.4 is 0 Å². The Bertz CT molecular complexity index is 616. The highest BCUT2D eigenvalue weighted by molar-refractivity contribution is 14.1. The summed E-state index contributed by atoms with van der Waals surface area (Å²) in [6.07, 6.45) is 0.339. The van der Waals surface area contributed by atoms with Gasteiger partial charge < -0.3 is 5.11 Å². The summed E-state index contributed by atoms with van der Waals surface area (Å²) >= 11 is 2.05. The van der Waals surface area contributed by atoms with Crippen molar-refractivity contribution < 1.29 is 18.3 Å². The zero-order valence-electron chi connectivity index (χ0n) is 10.3. The molecule has 0 aromatic heterocycles. The predicted octanol–water partition coefficient (Wildman–Crippen LogP) is 1.78. The maximum atomic E-state index is 12.4. The van der Waals surface area contributed by atoms with Crippen molar-refractivity contribution >= 4 is 38.6 Å². The van der Waals surface area contributed by atoms with Crippen LogP contribution in [-0.2, 0) is 14.8 Å². The molecule has 1 N–H and O–H groups in total. The second-order valence-electron chi connectivity index (χ2n) is 4.91. The molecular formula is C12H14INO4S. The molecule has 5 nitrogen and oxygen atoms in total. The molecule has 7 heteroatoms. The first-order valence-corrected chi connectivity index (χ1v) is 8.27. The summed E-state index contributed by atoms with van der Waals surface area (Å²) in [6.45, 7) is 1.85. The maximum Gasteiger partial charge on any atom is 0.310 e. The number of carboxylic acids is 1. The van der Waals surface area contributed by atoms with Gasteiger partial charge >= 0.3 is 5.97 Å². The van der Waals surface area contributed by atoms with Gasteiger partial charge in [0.2, 0.25) is 10.0 Å². The Labute approximate surface area is 125 Å². The Hall–Kier alpha value is -0.670. The van der Waals surface area contributed by atoms with Gasteiger partial charge in [0.15, 0.2) is 0 Å². The summed E-state index contributed by atoms with van der Waals surface area (Å²) in [5, 5.41) is 9.15. The first kappa shape index (κ1) is 14.7. The highest BCUT2D eigenvalue weighted by atomic mass is 127. The van der Waals surface area contributed by atoms with Crippen molar-refractivity contribution in [1.82, 2.24) is 4.31 Å². The predicted molar refractivity (Wildman–Crippen MR) is 78.3 cm³/mol. The van der Waals surface area contributed by atoms with E-state index in [2.05, 4.69) is 0 Å². The van der Waals surface area contributed by atoms with Gasteiger partial charge in [-0.05, 0) is 54.1 Å². The third-order valence-corrected chi connectivity index (χ3v) is 5.90. The van der Waals surface area contributed by atoms with Gasteiger partial charge in [0.05, 0.1) is 10.3 Å². The summed E-state index contributed by atoms with van der Waals surface area (Å²) in [7, 11) is -3.60. The Morgan fingerprint density at radius 2 is 2.16 bits per heavy atom. The highest BCUT2D eigenvalue weighted by Gasteiger charge is 2.44. The van der Waals surface area contributed by atoms with Gasteiger partial charge in [-0.15, -0.1) is 0 Å². The van der Waals surface area contributed by atoms with Crippen LogP contribution in [0.2, 0.25) is 0 Å². The second-order valence-corrected chi connectivity index (χ2v) is 8.10. The molecular weight excluding hydrogens is 381 g/mol.